The van der Waals surface area contributed by atoms with Gasteiger partial charge in [-0.15, -0.1) is 11.8 Å². The first-order valence-corrected chi connectivity index (χ1v) is 10.5. The third-order valence-corrected chi connectivity index (χ3v) is 6.48. The van der Waals surface area contributed by atoms with Crippen LogP contribution in [0.2, 0.25) is 0 Å². The molecule has 0 unspecified atom stereocenters. The number of fused-ring (bicyclic) bond motifs is 1. The molecular weight excluding hydrogens is 373 g/mol. The Hall–Kier alpha value is -2.52. The molecule has 0 spiro atoms. The Kier molecular flexibility index (Phi) is 5.03. The van der Waals surface area contributed by atoms with Crippen molar-refractivity contribution in [3.63, 3.8) is 0 Å². The number of hydrogen-bond acceptors (Lipinski definition) is 3. The molecule has 2 aliphatic rings. The number of carbonyl (C=O) groups is 1. The van der Waals surface area contributed by atoms with Crippen LogP contribution < -0.4 is 4.90 Å². The number of likely N-dealkylation sites (tertiary alicyclic amines) is 1. The van der Waals surface area contributed by atoms with Crippen molar-refractivity contribution in [2.75, 3.05) is 30.3 Å². The summed E-state index contributed by atoms with van der Waals surface area (Å²) in [5, 5.41) is 0. The number of rotatable bonds is 2. The highest BCUT2D eigenvalue weighted by atomic mass is 32.2. The first-order valence-electron chi connectivity index (χ1n) is 9.47. The van der Waals surface area contributed by atoms with Crippen LogP contribution in [0.25, 0.3) is 4.85 Å². The van der Waals surface area contributed by atoms with Gasteiger partial charge in [0.25, 0.3) is 5.91 Å². The molecule has 144 valence electrons. The van der Waals surface area contributed by atoms with Crippen molar-refractivity contribution in [1.29, 1.82) is 0 Å². The van der Waals surface area contributed by atoms with Crippen LogP contribution >= 0.6 is 11.8 Å². The van der Waals surface area contributed by atoms with Crippen LogP contribution in [0.3, 0.4) is 0 Å². The minimum atomic E-state index is -1.16. The lowest BCUT2D eigenvalue weighted by Crippen LogP contribution is -2.43. The molecule has 28 heavy (non-hydrogen) atoms. The number of alkyl halides is 1. The average molecular weight is 396 g/mol. The lowest BCUT2D eigenvalue weighted by atomic mass is 9.95. The van der Waals surface area contributed by atoms with Gasteiger partial charge < -0.3 is 9.80 Å². The van der Waals surface area contributed by atoms with Gasteiger partial charge in [0.15, 0.2) is 5.69 Å². The third kappa shape index (κ3) is 3.72. The van der Waals surface area contributed by atoms with Gasteiger partial charge >= 0.3 is 0 Å². The summed E-state index contributed by atoms with van der Waals surface area (Å²) in [5.74, 6) is 0.913. The van der Waals surface area contributed by atoms with Gasteiger partial charge in [-0.2, -0.15) is 0 Å². The van der Waals surface area contributed by atoms with Crippen LogP contribution in [-0.2, 0) is 0 Å². The molecule has 0 aliphatic carbocycles. The number of anilines is 2. The first-order chi connectivity index (χ1) is 13.5. The van der Waals surface area contributed by atoms with Crippen LogP contribution in [0, 0.1) is 6.57 Å². The van der Waals surface area contributed by atoms with E-state index in [4.69, 9.17) is 6.57 Å². The molecule has 1 saturated heterocycles. The molecule has 1 amide bonds. The normalized spacial score (nSPS) is 18.3. The van der Waals surface area contributed by atoms with Gasteiger partial charge in [0.05, 0.1) is 12.3 Å². The quantitative estimate of drug-likeness (QED) is 0.633. The van der Waals surface area contributed by atoms with E-state index in [-0.39, 0.29) is 5.91 Å². The summed E-state index contributed by atoms with van der Waals surface area (Å²) in [5.41, 5.74) is 2.26. The Morgan fingerprint density at radius 3 is 2.54 bits per heavy atom. The first kappa shape index (κ1) is 18.8. The molecule has 0 radical (unpaired) electrons. The van der Waals surface area contributed by atoms with E-state index in [9.17, 15) is 9.18 Å². The Labute approximate surface area is 169 Å². The van der Waals surface area contributed by atoms with Crippen molar-refractivity contribution in [3.05, 3.63) is 59.4 Å². The molecule has 0 N–H and O–H groups in total. The molecule has 0 saturated carbocycles. The number of piperidine rings is 1. The second-order valence-electron chi connectivity index (χ2n) is 7.52. The highest BCUT2D eigenvalue weighted by Gasteiger charge is 2.32. The molecule has 4 rings (SSSR count). The van der Waals surface area contributed by atoms with Crippen LogP contribution in [0.1, 0.15) is 30.1 Å². The van der Waals surface area contributed by atoms with Crippen LogP contribution in [0.5, 0.6) is 0 Å². The Balaban J connectivity index is 1.56. The second kappa shape index (κ2) is 7.48. The number of halogens is 1. The molecule has 0 atom stereocenters. The van der Waals surface area contributed by atoms with Gasteiger partial charge in [-0.1, -0.05) is 12.1 Å². The number of hydrogen-bond donors (Lipinski definition) is 0. The summed E-state index contributed by atoms with van der Waals surface area (Å²) >= 11 is 1.75. The monoisotopic (exact) mass is 395 g/mol. The van der Waals surface area contributed by atoms with Crippen molar-refractivity contribution in [3.8, 4) is 0 Å². The molecule has 1 fully saturated rings. The average Bonchev–Trinajstić information content (AvgIpc) is 2.72. The van der Waals surface area contributed by atoms with E-state index in [1.54, 1.807) is 23.6 Å². The van der Waals surface area contributed by atoms with Crippen LogP contribution in [-0.4, -0.2) is 41.9 Å². The summed E-state index contributed by atoms with van der Waals surface area (Å²) < 4.78 is 14.0. The molecule has 2 aliphatic heterocycles. The molecule has 2 heterocycles. The minimum Gasteiger partial charge on any atom is -0.340 e. The molecule has 2 aromatic carbocycles. The summed E-state index contributed by atoms with van der Waals surface area (Å²) in [6, 6.07) is 13.4. The third-order valence-electron chi connectivity index (χ3n) is 5.45. The van der Waals surface area contributed by atoms with E-state index in [1.807, 2.05) is 42.5 Å². The lowest BCUT2D eigenvalue weighted by Gasteiger charge is -2.35. The maximum atomic E-state index is 14.0. The zero-order valence-corrected chi connectivity index (χ0v) is 16.6. The standard InChI is InChI=1S/C22H22FN3OS/c1-22(23)9-11-25(12-10-22)21(27)16-3-8-19-20(15-16)28-14-13-26(19)18-6-4-17(24-2)5-7-18/h3-8,15H,9-14H2,1H3. The van der Waals surface area contributed by atoms with Gasteiger partial charge in [-0.25, -0.2) is 9.24 Å². The zero-order chi connectivity index (χ0) is 19.7. The number of nitrogens with zero attached hydrogens (tertiary/aromatic N) is 3. The fourth-order valence-electron chi connectivity index (χ4n) is 3.69. The summed E-state index contributed by atoms with van der Waals surface area (Å²) in [4.78, 5) is 21.4. The molecular formula is C22H22FN3OS. The molecule has 0 bridgehead atoms. The fourth-order valence-corrected chi connectivity index (χ4v) is 4.72. The predicted molar refractivity (Wildman–Crippen MR) is 112 cm³/mol. The van der Waals surface area contributed by atoms with Crippen LogP contribution in [0.4, 0.5) is 21.5 Å². The van der Waals surface area contributed by atoms with E-state index < -0.39 is 5.67 Å². The van der Waals surface area contributed by atoms with Crippen LogP contribution in [0.15, 0.2) is 47.4 Å². The van der Waals surface area contributed by atoms with Crippen molar-refractivity contribution < 1.29 is 9.18 Å². The number of amides is 1. The minimum absolute atomic E-state index is 0.0163. The summed E-state index contributed by atoms with van der Waals surface area (Å²) in [7, 11) is 0. The Bertz CT molecular complexity index is 926. The van der Waals surface area contributed by atoms with Gasteiger partial charge in [-0.3, -0.25) is 4.79 Å². The van der Waals surface area contributed by atoms with E-state index >= 15 is 0 Å². The number of benzene rings is 2. The fraction of sp³-hybridized carbons (Fsp3) is 0.364. The van der Waals surface area contributed by atoms with E-state index in [2.05, 4.69) is 9.74 Å². The number of carbonyl (C=O) groups excluding carboxylic acids is 1. The molecule has 4 nitrogen and oxygen atoms in total. The Morgan fingerprint density at radius 1 is 1.14 bits per heavy atom. The SMILES string of the molecule is [C-]#[N+]c1ccc(N2CCSc3cc(C(=O)N4CCC(C)(F)CC4)ccc32)cc1. The molecule has 2 aromatic rings. The van der Waals surface area contributed by atoms with Gasteiger partial charge in [0.2, 0.25) is 0 Å². The predicted octanol–water partition coefficient (Wildman–Crippen LogP) is 5.45. The largest absolute Gasteiger partial charge is 0.340 e. The van der Waals surface area contributed by atoms with Crippen molar-refractivity contribution >= 4 is 34.7 Å². The summed E-state index contributed by atoms with van der Waals surface area (Å²) in [6.45, 7) is 10.5. The van der Waals surface area contributed by atoms with Crippen molar-refractivity contribution in [2.24, 2.45) is 0 Å². The zero-order valence-electron chi connectivity index (χ0n) is 15.8. The molecule has 6 heteroatoms. The smallest absolute Gasteiger partial charge is 0.253 e. The van der Waals surface area contributed by atoms with Crippen molar-refractivity contribution in [1.82, 2.24) is 4.90 Å². The van der Waals surface area contributed by atoms with E-state index in [0.29, 0.717) is 37.2 Å². The lowest BCUT2D eigenvalue weighted by molar-refractivity contribution is 0.0504. The maximum Gasteiger partial charge on any atom is 0.253 e. The second-order valence-corrected chi connectivity index (χ2v) is 8.65. The van der Waals surface area contributed by atoms with Gasteiger partial charge in [0.1, 0.15) is 5.67 Å². The van der Waals surface area contributed by atoms with Gasteiger partial charge in [0, 0.05) is 41.5 Å². The van der Waals surface area contributed by atoms with E-state index in [1.165, 1.54) is 0 Å². The number of thioether (sulfide) groups is 1. The summed E-state index contributed by atoms with van der Waals surface area (Å²) in [6.07, 6.45) is 0.791. The highest BCUT2D eigenvalue weighted by Crippen LogP contribution is 2.40. The molecule has 0 aromatic heterocycles. The topological polar surface area (TPSA) is 27.9 Å². The van der Waals surface area contributed by atoms with Crippen molar-refractivity contribution in [2.45, 2.75) is 30.3 Å². The van der Waals surface area contributed by atoms with E-state index in [0.717, 1.165) is 28.6 Å². The maximum absolute atomic E-state index is 14.0. The highest BCUT2D eigenvalue weighted by molar-refractivity contribution is 7.99. The van der Waals surface area contributed by atoms with Gasteiger partial charge in [-0.05, 0) is 50.1 Å². The Morgan fingerprint density at radius 2 is 1.86 bits per heavy atom.